The predicted molar refractivity (Wildman–Crippen MR) is 86.7 cm³/mol. The summed E-state index contributed by atoms with van der Waals surface area (Å²) in [6.07, 6.45) is 1.82. The molecule has 0 saturated carbocycles. The lowest BCUT2D eigenvalue weighted by Crippen LogP contribution is -2.38. The molecule has 0 aliphatic carbocycles. The Kier molecular flexibility index (Phi) is 5.20. The second-order valence-corrected chi connectivity index (χ2v) is 7.07. The van der Waals surface area contributed by atoms with Crippen LogP contribution in [0.2, 0.25) is 0 Å². The minimum Gasteiger partial charge on any atom is -0.425 e. The van der Waals surface area contributed by atoms with Gasteiger partial charge in [-0.25, -0.2) is 0 Å². The highest BCUT2D eigenvalue weighted by Crippen LogP contribution is 2.49. The number of hydrogen-bond donors (Lipinski definition) is 0. The van der Waals surface area contributed by atoms with E-state index >= 15 is 0 Å². The molecule has 134 valence electrons. The van der Waals surface area contributed by atoms with E-state index in [-0.39, 0.29) is 29.8 Å². The van der Waals surface area contributed by atoms with E-state index in [1.54, 1.807) is 0 Å². The van der Waals surface area contributed by atoms with E-state index in [4.69, 9.17) is 13.9 Å². The second kappa shape index (κ2) is 7.19. The van der Waals surface area contributed by atoms with Gasteiger partial charge in [-0.05, 0) is 19.8 Å². The van der Waals surface area contributed by atoms with E-state index in [1.807, 2.05) is 25.7 Å². The van der Waals surface area contributed by atoms with Crippen LogP contribution in [0.4, 0.5) is 0 Å². The average molecular weight is 337 g/mol. The summed E-state index contributed by atoms with van der Waals surface area (Å²) in [4.78, 5) is 14.3. The molecule has 3 rings (SSSR count). The summed E-state index contributed by atoms with van der Waals surface area (Å²) in [6, 6.07) is 0. The van der Waals surface area contributed by atoms with Gasteiger partial charge in [-0.1, -0.05) is 13.8 Å². The summed E-state index contributed by atoms with van der Waals surface area (Å²) in [5.74, 6) is 1.63. The molecule has 2 fully saturated rings. The Morgan fingerprint density at radius 1 is 1.38 bits per heavy atom. The molecule has 0 aromatic carbocycles. The molecule has 7 heteroatoms. The summed E-state index contributed by atoms with van der Waals surface area (Å²) in [7, 11) is 0. The first-order valence-electron chi connectivity index (χ1n) is 8.82. The number of ether oxygens (including phenoxy) is 2. The lowest BCUT2D eigenvalue weighted by atomic mass is 9.72. The van der Waals surface area contributed by atoms with Gasteiger partial charge in [-0.2, -0.15) is 0 Å². The lowest BCUT2D eigenvalue weighted by Gasteiger charge is -2.36. The van der Waals surface area contributed by atoms with Gasteiger partial charge < -0.3 is 18.8 Å². The van der Waals surface area contributed by atoms with Crippen LogP contribution in [-0.2, 0) is 14.3 Å². The van der Waals surface area contributed by atoms with Gasteiger partial charge >= 0.3 is 0 Å². The number of carbonyl (C=O) groups excluding carboxylic acids is 1. The molecule has 3 heterocycles. The normalized spacial score (nSPS) is 23.3. The fraction of sp³-hybridized carbons (Fsp3) is 0.824. The molecule has 1 unspecified atom stereocenters. The van der Waals surface area contributed by atoms with Crippen molar-refractivity contribution in [1.29, 1.82) is 0 Å². The molecular weight excluding hydrogens is 310 g/mol. The van der Waals surface area contributed by atoms with Gasteiger partial charge in [0.25, 0.3) is 0 Å². The number of hydrogen-bond acceptors (Lipinski definition) is 6. The van der Waals surface area contributed by atoms with Crippen molar-refractivity contribution in [3.63, 3.8) is 0 Å². The number of nitrogens with zero attached hydrogens (tertiary/aromatic N) is 3. The van der Waals surface area contributed by atoms with E-state index in [1.165, 1.54) is 0 Å². The maximum absolute atomic E-state index is 12.4. The molecular formula is C17H27N3O4. The minimum atomic E-state index is -0.0269. The van der Waals surface area contributed by atoms with Crippen molar-refractivity contribution in [2.75, 3.05) is 39.5 Å². The minimum absolute atomic E-state index is 0.0269. The van der Waals surface area contributed by atoms with E-state index in [0.29, 0.717) is 31.5 Å². The van der Waals surface area contributed by atoms with Crippen LogP contribution in [0.3, 0.4) is 0 Å². The third-order valence-corrected chi connectivity index (χ3v) is 5.17. The molecule has 1 amide bonds. The number of carbonyl (C=O) groups is 1. The highest BCUT2D eigenvalue weighted by Gasteiger charge is 2.51. The molecule has 2 aliphatic heterocycles. The van der Waals surface area contributed by atoms with Crippen LogP contribution in [-0.4, -0.2) is 60.5 Å². The van der Waals surface area contributed by atoms with Crippen molar-refractivity contribution in [2.24, 2.45) is 5.41 Å². The van der Waals surface area contributed by atoms with Gasteiger partial charge in [0.2, 0.25) is 17.7 Å². The summed E-state index contributed by atoms with van der Waals surface area (Å²) in [6.45, 7) is 9.41. The third-order valence-electron chi connectivity index (χ3n) is 5.17. The van der Waals surface area contributed by atoms with Crippen molar-refractivity contribution in [3.05, 3.63) is 11.8 Å². The van der Waals surface area contributed by atoms with Crippen molar-refractivity contribution in [1.82, 2.24) is 15.1 Å². The number of likely N-dealkylation sites (tertiary alicyclic amines) is 1. The largest absolute Gasteiger partial charge is 0.425 e. The van der Waals surface area contributed by atoms with Gasteiger partial charge in [0.15, 0.2) is 0 Å². The van der Waals surface area contributed by atoms with Crippen molar-refractivity contribution < 1.29 is 18.7 Å². The maximum atomic E-state index is 12.4. The van der Waals surface area contributed by atoms with Crippen molar-refractivity contribution in [2.45, 2.75) is 45.4 Å². The van der Waals surface area contributed by atoms with E-state index in [0.717, 1.165) is 26.1 Å². The zero-order chi connectivity index (χ0) is 17.2. The van der Waals surface area contributed by atoms with Crippen LogP contribution < -0.4 is 0 Å². The first-order chi connectivity index (χ1) is 11.6. The van der Waals surface area contributed by atoms with E-state index in [2.05, 4.69) is 10.2 Å². The fourth-order valence-electron chi connectivity index (χ4n) is 3.68. The lowest BCUT2D eigenvalue weighted by molar-refractivity contribution is -0.135. The third kappa shape index (κ3) is 3.32. The van der Waals surface area contributed by atoms with Crippen LogP contribution in [0, 0.1) is 5.41 Å². The van der Waals surface area contributed by atoms with Crippen molar-refractivity contribution >= 4 is 5.91 Å². The Bertz CT molecular complexity index is 566. The van der Waals surface area contributed by atoms with Crippen LogP contribution >= 0.6 is 0 Å². The van der Waals surface area contributed by atoms with Gasteiger partial charge in [0.1, 0.15) is 6.61 Å². The van der Waals surface area contributed by atoms with Crippen LogP contribution in [0.5, 0.6) is 0 Å². The van der Waals surface area contributed by atoms with E-state index < -0.39 is 0 Å². The molecule has 7 nitrogen and oxygen atoms in total. The molecule has 1 aromatic rings. The Hall–Kier alpha value is -1.47. The molecule has 0 radical (unpaired) electrons. The molecule has 2 saturated heterocycles. The summed E-state index contributed by atoms with van der Waals surface area (Å²) < 4.78 is 16.8. The maximum Gasteiger partial charge on any atom is 0.248 e. The molecule has 1 aromatic heterocycles. The molecule has 0 bridgehead atoms. The van der Waals surface area contributed by atoms with E-state index in [9.17, 15) is 4.79 Å². The molecule has 24 heavy (non-hydrogen) atoms. The molecule has 2 aliphatic rings. The van der Waals surface area contributed by atoms with Crippen LogP contribution in [0.15, 0.2) is 4.42 Å². The molecule has 0 N–H and O–H groups in total. The Labute approximate surface area is 142 Å². The molecule has 1 atom stereocenters. The number of amides is 1. The number of rotatable bonds is 5. The Morgan fingerprint density at radius 3 is 2.75 bits per heavy atom. The number of aromatic nitrogens is 2. The van der Waals surface area contributed by atoms with Gasteiger partial charge in [0.05, 0.1) is 5.92 Å². The van der Waals surface area contributed by atoms with Gasteiger partial charge in [-0.15, -0.1) is 10.2 Å². The fourth-order valence-corrected chi connectivity index (χ4v) is 3.68. The Morgan fingerprint density at radius 2 is 2.12 bits per heavy atom. The highest BCUT2D eigenvalue weighted by molar-refractivity contribution is 5.78. The zero-order valence-electron chi connectivity index (χ0n) is 14.8. The average Bonchev–Trinajstić information content (AvgIpc) is 3.19. The van der Waals surface area contributed by atoms with Crippen LogP contribution in [0.25, 0.3) is 0 Å². The topological polar surface area (TPSA) is 77.7 Å². The second-order valence-electron chi connectivity index (χ2n) is 7.07. The summed E-state index contributed by atoms with van der Waals surface area (Å²) >= 11 is 0. The smallest absolute Gasteiger partial charge is 0.248 e. The van der Waals surface area contributed by atoms with Gasteiger partial charge in [0, 0.05) is 44.2 Å². The monoisotopic (exact) mass is 337 g/mol. The highest BCUT2D eigenvalue weighted by atomic mass is 16.5. The van der Waals surface area contributed by atoms with Crippen molar-refractivity contribution in [3.8, 4) is 0 Å². The van der Waals surface area contributed by atoms with Crippen LogP contribution in [0.1, 0.15) is 57.2 Å². The quantitative estimate of drug-likeness (QED) is 0.817. The summed E-state index contributed by atoms with van der Waals surface area (Å²) in [5, 5.41) is 8.48. The first-order valence-corrected chi connectivity index (χ1v) is 8.82. The Balaban J connectivity index is 1.82. The SMILES string of the molecule is CCOCC(=O)N1CC(c2nnc(C(C)C)o2)C2(CCOCC2)C1. The summed E-state index contributed by atoms with van der Waals surface area (Å²) in [5.41, 5.74) is -0.0269. The standard InChI is InChI=1S/C17H27N3O4/c1-4-22-10-14(21)20-9-13(16-19-18-15(24-16)12(2)3)17(11-20)5-7-23-8-6-17/h12-13H,4-11H2,1-3H3. The van der Waals surface area contributed by atoms with Gasteiger partial charge in [-0.3, -0.25) is 4.79 Å². The molecule has 1 spiro atoms. The first kappa shape index (κ1) is 17.4. The zero-order valence-corrected chi connectivity index (χ0v) is 14.8. The predicted octanol–water partition coefficient (Wildman–Crippen LogP) is 1.95.